The predicted octanol–water partition coefficient (Wildman–Crippen LogP) is 2.73. The van der Waals surface area contributed by atoms with Crippen molar-refractivity contribution >= 4 is 6.72 Å². The Bertz CT molecular complexity index is 199. The highest BCUT2D eigenvalue weighted by Crippen LogP contribution is 2.15. The molecule has 0 fully saturated rings. The van der Waals surface area contributed by atoms with E-state index in [2.05, 4.69) is 23.0 Å². The van der Waals surface area contributed by atoms with E-state index in [0.29, 0.717) is 12.0 Å². The third kappa shape index (κ3) is 3.27. The van der Waals surface area contributed by atoms with Gasteiger partial charge in [-0.1, -0.05) is 19.6 Å². The minimum atomic E-state index is -2.87. The average molecular weight is 175 g/mol. The molecule has 0 saturated heterocycles. The van der Waals surface area contributed by atoms with Gasteiger partial charge in [-0.3, -0.25) is 0 Å². The van der Waals surface area contributed by atoms with Crippen molar-refractivity contribution in [2.45, 2.75) is 20.0 Å². The van der Waals surface area contributed by atoms with Crippen LogP contribution in [0, 0.1) is 0 Å². The van der Waals surface area contributed by atoms with E-state index in [0.717, 1.165) is 0 Å². The molecule has 68 valence electrons. The van der Waals surface area contributed by atoms with Crippen molar-refractivity contribution in [2.24, 2.45) is 4.99 Å². The van der Waals surface area contributed by atoms with Crippen molar-refractivity contribution in [3.63, 3.8) is 0 Å². The average Bonchev–Trinajstić information content (AvgIpc) is 2.04. The number of allylic oxidation sites excluding steroid dienone is 2. The first-order valence-corrected chi connectivity index (χ1v) is 3.42. The number of rotatable bonds is 5. The minimum absolute atomic E-state index is 0.150. The van der Waals surface area contributed by atoms with Crippen molar-refractivity contribution in [3.05, 3.63) is 24.1 Å². The molecule has 0 aromatic carbocycles. The highest BCUT2D eigenvalue weighted by atomic mass is 19.3. The van der Waals surface area contributed by atoms with Gasteiger partial charge in [0, 0.05) is 5.57 Å². The number of nitrogens with zero attached hydrogens (tertiary/aromatic N) is 1. The van der Waals surface area contributed by atoms with Crippen LogP contribution < -0.4 is 0 Å². The molecule has 0 rings (SSSR count). The zero-order valence-electron chi connectivity index (χ0n) is 6.89. The summed E-state index contributed by atoms with van der Waals surface area (Å²) in [5.41, 5.74) is 0.519. The zero-order valence-corrected chi connectivity index (χ0v) is 6.89. The molecule has 0 aliphatic heterocycles. The van der Waals surface area contributed by atoms with Gasteiger partial charge in [0.25, 0.3) is 0 Å². The van der Waals surface area contributed by atoms with E-state index in [1.54, 1.807) is 6.92 Å². The zero-order chi connectivity index (χ0) is 9.56. The first-order chi connectivity index (χ1) is 5.65. The lowest BCUT2D eigenvalue weighted by atomic mass is 10.2. The summed E-state index contributed by atoms with van der Waals surface area (Å²) >= 11 is 0. The van der Waals surface area contributed by atoms with E-state index in [1.807, 2.05) is 0 Å². The fourth-order valence-electron chi connectivity index (χ4n) is 0.682. The molecule has 0 heterocycles. The van der Waals surface area contributed by atoms with Gasteiger partial charge < -0.3 is 4.74 Å². The van der Waals surface area contributed by atoms with Gasteiger partial charge in [-0.15, -0.1) is 0 Å². The fourth-order valence-corrected chi connectivity index (χ4v) is 0.682. The van der Waals surface area contributed by atoms with E-state index in [1.165, 1.54) is 6.08 Å². The lowest BCUT2D eigenvalue weighted by Crippen LogP contribution is -1.99. The maximum absolute atomic E-state index is 11.7. The Balaban J connectivity index is 4.57. The molecule has 0 saturated carbocycles. The second-order valence-corrected chi connectivity index (χ2v) is 1.92. The van der Waals surface area contributed by atoms with E-state index >= 15 is 0 Å². The number of halogens is 2. The van der Waals surface area contributed by atoms with Gasteiger partial charge >= 0.3 is 6.61 Å². The van der Waals surface area contributed by atoms with Crippen LogP contribution in [-0.2, 0) is 4.74 Å². The van der Waals surface area contributed by atoms with Crippen molar-refractivity contribution < 1.29 is 13.5 Å². The lowest BCUT2D eigenvalue weighted by molar-refractivity contribution is -0.0972. The largest absolute Gasteiger partial charge is 0.417 e. The predicted molar refractivity (Wildman–Crippen MR) is 44.2 cm³/mol. The summed E-state index contributed by atoms with van der Waals surface area (Å²) in [5, 5.41) is 0. The normalized spacial score (nSPS) is 12.3. The van der Waals surface area contributed by atoms with Gasteiger partial charge in [0.15, 0.2) is 0 Å². The second-order valence-electron chi connectivity index (χ2n) is 1.92. The quantitative estimate of drug-likeness (QED) is 0.357. The Morgan fingerprint density at radius 3 is 2.50 bits per heavy atom. The van der Waals surface area contributed by atoms with Crippen LogP contribution in [0.1, 0.15) is 13.3 Å². The van der Waals surface area contributed by atoms with Gasteiger partial charge in [-0.25, -0.2) is 4.99 Å². The minimum Gasteiger partial charge on any atom is -0.417 e. The van der Waals surface area contributed by atoms with Crippen LogP contribution in [-0.4, -0.2) is 13.3 Å². The Hall–Kier alpha value is -1.19. The number of alkyl halides is 2. The molecule has 2 nitrogen and oxygen atoms in total. The number of hydrogen-bond acceptors (Lipinski definition) is 2. The topological polar surface area (TPSA) is 21.6 Å². The first-order valence-electron chi connectivity index (χ1n) is 3.42. The van der Waals surface area contributed by atoms with Crippen molar-refractivity contribution in [3.8, 4) is 0 Å². The van der Waals surface area contributed by atoms with E-state index < -0.39 is 6.61 Å². The van der Waals surface area contributed by atoms with Gasteiger partial charge in [0.05, 0.1) is 0 Å². The van der Waals surface area contributed by atoms with Crippen LogP contribution in [0.3, 0.4) is 0 Å². The molecule has 0 unspecified atom stereocenters. The van der Waals surface area contributed by atoms with Crippen LogP contribution in [0.2, 0.25) is 0 Å². The molecule has 0 N–H and O–H groups in total. The Labute approximate surface area is 70.3 Å². The molecular formula is C8H11F2NO. The SMILES string of the molecule is C=C/C(CC)=C(\N=C)OC(F)F. The summed E-state index contributed by atoms with van der Waals surface area (Å²) in [6.07, 6.45) is 1.96. The maximum Gasteiger partial charge on any atom is 0.388 e. The second kappa shape index (κ2) is 5.46. The summed E-state index contributed by atoms with van der Waals surface area (Å²) in [6, 6.07) is 0. The summed E-state index contributed by atoms with van der Waals surface area (Å²) in [7, 11) is 0. The van der Waals surface area contributed by atoms with E-state index in [-0.39, 0.29) is 5.88 Å². The summed E-state index contributed by atoms with van der Waals surface area (Å²) in [4.78, 5) is 3.33. The highest BCUT2D eigenvalue weighted by molar-refractivity contribution is 5.31. The van der Waals surface area contributed by atoms with Gasteiger partial charge in [0.1, 0.15) is 0 Å². The molecule has 0 aromatic heterocycles. The molecule has 0 aliphatic rings. The number of ether oxygens (including phenoxy) is 1. The molecule has 0 radical (unpaired) electrons. The molecule has 0 bridgehead atoms. The van der Waals surface area contributed by atoms with Gasteiger partial charge in [0.2, 0.25) is 5.88 Å². The number of hydrogen-bond donors (Lipinski definition) is 0. The van der Waals surface area contributed by atoms with Crippen molar-refractivity contribution in [1.29, 1.82) is 0 Å². The fraction of sp³-hybridized carbons (Fsp3) is 0.375. The van der Waals surface area contributed by atoms with Crippen molar-refractivity contribution in [1.82, 2.24) is 0 Å². The summed E-state index contributed by atoms with van der Waals surface area (Å²) < 4.78 is 27.5. The van der Waals surface area contributed by atoms with Crippen molar-refractivity contribution in [2.75, 3.05) is 0 Å². The molecule has 0 aromatic rings. The Morgan fingerprint density at radius 2 is 2.25 bits per heavy atom. The molecule has 0 atom stereocenters. The molecule has 0 amide bonds. The van der Waals surface area contributed by atoms with Crippen LogP contribution in [0.5, 0.6) is 0 Å². The molecule has 0 spiro atoms. The van der Waals surface area contributed by atoms with Gasteiger partial charge in [-0.2, -0.15) is 8.78 Å². The van der Waals surface area contributed by atoms with E-state index in [4.69, 9.17) is 0 Å². The summed E-state index contributed by atoms with van der Waals surface area (Å²) in [6.45, 7) is 5.47. The molecule has 12 heavy (non-hydrogen) atoms. The smallest absolute Gasteiger partial charge is 0.388 e. The van der Waals surface area contributed by atoms with Crippen LogP contribution in [0.25, 0.3) is 0 Å². The molecular weight excluding hydrogens is 164 g/mol. The van der Waals surface area contributed by atoms with Crippen LogP contribution in [0.4, 0.5) is 8.78 Å². The van der Waals surface area contributed by atoms with E-state index in [9.17, 15) is 8.78 Å². The first kappa shape index (κ1) is 10.8. The van der Waals surface area contributed by atoms with Gasteiger partial charge in [-0.05, 0) is 13.1 Å². The Kier molecular flexibility index (Phi) is 4.92. The molecule has 4 heteroatoms. The third-order valence-electron chi connectivity index (χ3n) is 1.25. The highest BCUT2D eigenvalue weighted by Gasteiger charge is 2.08. The maximum atomic E-state index is 11.7. The number of aliphatic imine (C=N–C) groups is 1. The third-order valence-corrected chi connectivity index (χ3v) is 1.25. The van der Waals surface area contributed by atoms with Crippen LogP contribution in [0.15, 0.2) is 29.1 Å². The molecule has 0 aliphatic carbocycles. The monoisotopic (exact) mass is 175 g/mol. The standard InChI is InChI=1S/C8H11F2NO/c1-4-6(5-2)7(11-3)12-8(9)10/h4,8H,1,3,5H2,2H3/b7-6-. The summed E-state index contributed by atoms with van der Waals surface area (Å²) in [5.74, 6) is -0.150. The Morgan fingerprint density at radius 1 is 1.67 bits per heavy atom. The van der Waals surface area contributed by atoms with Crippen LogP contribution >= 0.6 is 0 Å². The lowest BCUT2D eigenvalue weighted by Gasteiger charge is -2.06.